The normalized spacial score (nSPS) is 9.67. The summed E-state index contributed by atoms with van der Waals surface area (Å²) in [4.78, 5) is 3.94. The Balaban J connectivity index is 2.15. The Morgan fingerprint density at radius 2 is 2.42 bits per heavy atom. The van der Waals surface area contributed by atoms with Gasteiger partial charge in [0.25, 0.3) is 0 Å². The van der Waals surface area contributed by atoms with E-state index in [0.717, 1.165) is 5.69 Å². The molecule has 0 aromatic carbocycles. The Morgan fingerprint density at radius 3 is 3.08 bits per heavy atom. The van der Waals surface area contributed by atoms with Crippen molar-refractivity contribution < 1.29 is 0 Å². The largest absolute Gasteiger partial charge is 0.328 e. The lowest BCUT2D eigenvalue weighted by Gasteiger charge is -1.97. The van der Waals surface area contributed by atoms with Crippen LogP contribution in [0, 0.1) is 0 Å². The molecule has 2 rings (SSSR count). The van der Waals surface area contributed by atoms with Crippen LogP contribution in [0.1, 0.15) is 0 Å². The van der Waals surface area contributed by atoms with Crippen molar-refractivity contribution >= 4 is 22.4 Å². The summed E-state index contributed by atoms with van der Waals surface area (Å²) in [6, 6.07) is 3.74. The standard InChI is InChI=1S/C6H5N5S/c1-2-5(4-7-3-1)8-6-9-10-11-12-6/h1-4H,(H,8,9,11). The molecule has 0 aliphatic rings. The molecule has 2 aromatic heterocycles. The van der Waals surface area contributed by atoms with E-state index in [-0.39, 0.29) is 0 Å². The first-order valence-corrected chi connectivity index (χ1v) is 4.04. The summed E-state index contributed by atoms with van der Waals surface area (Å²) in [7, 11) is 0. The molecule has 0 radical (unpaired) electrons. The van der Waals surface area contributed by atoms with Gasteiger partial charge in [0, 0.05) is 17.7 Å². The van der Waals surface area contributed by atoms with E-state index in [2.05, 4.69) is 25.1 Å². The lowest BCUT2D eigenvalue weighted by Crippen LogP contribution is -1.89. The molecular weight excluding hydrogens is 174 g/mol. The van der Waals surface area contributed by atoms with Crippen molar-refractivity contribution in [2.24, 2.45) is 0 Å². The summed E-state index contributed by atoms with van der Waals surface area (Å²) in [6.07, 6.45) is 3.42. The van der Waals surface area contributed by atoms with Crippen LogP contribution >= 0.6 is 11.5 Å². The van der Waals surface area contributed by atoms with Crippen LogP contribution in [0.3, 0.4) is 0 Å². The third-order valence-electron chi connectivity index (χ3n) is 1.21. The van der Waals surface area contributed by atoms with Crippen molar-refractivity contribution in [1.29, 1.82) is 0 Å². The Hall–Kier alpha value is -1.56. The van der Waals surface area contributed by atoms with E-state index < -0.39 is 0 Å². The fraction of sp³-hybridized carbons (Fsp3) is 0. The van der Waals surface area contributed by atoms with Crippen LogP contribution in [0.15, 0.2) is 24.5 Å². The molecule has 0 bridgehead atoms. The topological polar surface area (TPSA) is 63.6 Å². The molecule has 0 atom stereocenters. The molecular formula is C6H5N5S. The van der Waals surface area contributed by atoms with Crippen LogP contribution in [-0.4, -0.2) is 19.8 Å². The molecule has 0 unspecified atom stereocenters. The van der Waals surface area contributed by atoms with Gasteiger partial charge in [-0.2, -0.15) is 0 Å². The second-order valence-corrected chi connectivity index (χ2v) is 2.77. The fourth-order valence-corrected chi connectivity index (χ4v) is 1.13. The number of aromatic nitrogens is 4. The highest BCUT2D eigenvalue weighted by Crippen LogP contribution is 2.13. The minimum Gasteiger partial charge on any atom is -0.328 e. The molecule has 5 nitrogen and oxygen atoms in total. The lowest BCUT2D eigenvalue weighted by molar-refractivity contribution is 0.961. The first-order chi connectivity index (χ1) is 5.95. The average molecular weight is 179 g/mol. The molecule has 0 saturated carbocycles. The Kier molecular flexibility index (Phi) is 1.91. The fourth-order valence-electron chi connectivity index (χ4n) is 0.742. The second kappa shape index (κ2) is 3.22. The van der Waals surface area contributed by atoms with Gasteiger partial charge in [0.2, 0.25) is 5.13 Å². The maximum absolute atomic E-state index is 3.94. The van der Waals surface area contributed by atoms with Crippen LogP contribution < -0.4 is 5.32 Å². The van der Waals surface area contributed by atoms with E-state index in [0.29, 0.717) is 5.13 Å². The molecule has 1 N–H and O–H groups in total. The maximum atomic E-state index is 3.94. The van der Waals surface area contributed by atoms with Crippen molar-refractivity contribution in [2.75, 3.05) is 5.32 Å². The minimum absolute atomic E-state index is 0.669. The van der Waals surface area contributed by atoms with Crippen LogP contribution in [0.5, 0.6) is 0 Å². The molecule has 2 heterocycles. The smallest absolute Gasteiger partial charge is 0.229 e. The van der Waals surface area contributed by atoms with Crippen molar-refractivity contribution in [2.45, 2.75) is 0 Å². The van der Waals surface area contributed by atoms with Gasteiger partial charge >= 0.3 is 0 Å². The highest BCUT2D eigenvalue weighted by molar-refractivity contribution is 7.09. The summed E-state index contributed by atoms with van der Waals surface area (Å²) in [6.45, 7) is 0. The van der Waals surface area contributed by atoms with Gasteiger partial charge < -0.3 is 5.32 Å². The number of rotatable bonds is 2. The maximum Gasteiger partial charge on any atom is 0.229 e. The zero-order valence-electron chi connectivity index (χ0n) is 6.01. The SMILES string of the molecule is c1cncc(Nc2nnns2)c1. The van der Waals surface area contributed by atoms with Crippen molar-refractivity contribution in [1.82, 2.24) is 19.8 Å². The van der Waals surface area contributed by atoms with Gasteiger partial charge in [0.1, 0.15) is 0 Å². The molecule has 12 heavy (non-hydrogen) atoms. The van der Waals surface area contributed by atoms with E-state index in [1.165, 1.54) is 11.5 Å². The van der Waals surface area contributed by atoms with Gasteiger partial charge in [-0.15, -0.1) is 0 Å². The van der Waals surface area contributed by atoms with Gasteiger partial charge in [-0.3, -0.25) is 4.98 Å². The van der Waals surface area contributed by atoms with Crippen LogP contribution in [-0.2, 0) is 0 Å². The summed E-state index contributed by atoms with van der Waals surface area (Å²) in [5.74, 6) is 0. The van der Waals surface area contributed by atoms with Gasteiger partial charge in [-0.1, -0.05) is 9.59 Å². The molecule has 0 aliphatic heterocycles. The van der Waals surface area contributed by atoms with Gasteiger partial charge in [-0.25, -0.2) is 0 Å². The highest BCUT2D eigenvalue weighted by Gasteiger charge is 1.96. The monoisotopic (exact) mass is 179 g/mol. The van der Waals surface area contributed by atoms with E-state index in [1.54, 1.807) is 12.4 Å². The molecule has 0 amide bonds. The summed E-state index contributed by atoms with van der Waals surface area (Å²) >= 11 is 1.21. The second-order valence-electron chi connectivity index (χ2n) is 2.03. The highest BCUT2D eigenvalue weighted by atomic mass is 32.1. The molecule has 0 saturated heterocycles. The summed E-state index contributed by atoms with van der Waals surface area (Å²) < 4.78 is 3.62. The molecule has 0 aliphatic carbocycles. The van der Waals surface area contributed by atoms with Crippen molar-refractivity contribution in [3.05, 3.63) is 24.5 Å². The third-order valence-corrected chi connectivity index (χ3v) is 1.72. The number of nitrogens with zero attached hydrogens (tertiary/aromatic N) is 4. The predicted octanol–water partition coefficient (Wildman–Crippen LogP) is 1.07. The third kappa shape index (κ3) is 1.54. The molecule has 0 fully saturated rings. The van der Waals surface area contributed by atoms with Crippen molar-refractivity contribution in [3.8, 4) is 0 Å². The average Bonchev–Trinajstić information content (AvgIpc) is 2.59. The first-order valence-electron chi connectivity index (χ1n) is 3.27. The predicted molar refractivity (Wildman–Crippen MR) is 45.2 cm³/mol. The number of anilines is 2. The zero-order chi connectivity index (χ0) is 8.23. The number of pyridine rings is 1. The summed E-state index contributed by atoms with van der Waals surface area (Å²) in [5, 5.41) is 10.9. The molecule has 60 valence electrons. The molecule has 2 aromatic rings. The Labute approximate surface area is 72.6 Å². The van der Waals surface area contributed by atoms with Crippen LogP contribution in [0.2, 0.25) is 0 Å². The van der Waals surface area contributed by atoms with E-state index in [4.69, 9.17) is 0 Å². The Bertz CT molecular complexity index is 332. The van der Waals surface area contributed by atoms with Gasteiger partial charge in [0.05, 0.1) is 11.9 Å². The van der Waals surface area contributed by atoms with Crippen LogP contribution in [0.25, 0.3) is 0 Å². The minimum atomic E-state index is 0.669. The number of hydrogen-bond donors (Lipinski definition) is 1. The Morgan fingerprint density at radius 1 is 1.42 bits per heavy atom. The quantitative estimate of drug-likeness (QED) is 0.747. The van der Waals surface area contributed by atoms with E-state index >= 15 is 0 Å². The first kappa shape index (κ1) is 7.11. The molecule has 0 spiro atoms. The number of hydrogen-bond acceptors (Lipinski definition) is 6. The lowest BCUT2D eigenvalue weighted by atomic mass is 10.4. The number of nitrogens with one attached hydrogen (secondary N) is 1. The molecule has 6 heteroatoms. The van der Waals surface area contributed by atoms with Gasteiger partial charge in [-0.05, 0) is 17.3 Å². The zero-order valence-corrected chi connectivity index (χ0v) is 6.82. The van der Waals surface area contributed by atoms with Crippen LogP contribution in [0.4, 0.5) is 10.8 Å². The van der Waals surface area contributed by atoms with E-state index in [1.807, 2.05) is 12.1 Å². The van der Waals surface area contributed by atoms with Crippen molar-refractivity contribution in [3.63, 3.8) is 0 Å². The van der Waals surface area contributed by atoms with Gasteiger partial charge in [0.15, 0.2) is 0 Å². The van der Waals surface area contributed by atoms with E-state index in [9.17, 15) is 0 Å². The summed E-state index contributed by atoms with van der Waals surface area (Å²) in [5.41, 5.74) is 0.885.